The average molecular weight is 285 g/mol. The largest absolute Gasteiger partial charge is 0.392 e. The van der Waals surface area contributed by atoms with Crippen LogP contribution in [0.4, 0.5) is 4.39 Å². The molecule has 0 aliphatic carbocycles. The minimum atomic E-state index is -0.419. The van der Waals surface area contributed by atoms with Gasteiger partial charge < -0.3 is 10.4 Å². The summed E-state index contributed by atoms with van der Waals surface area (Å²) in [5.41, 5.74) is 2.41. The van der Waals surface area contributed by atoms with Gasteiger partial charge in [0.25, 0.3) is 0 Å². The second-order valence-corrected chi connectivity index (χ2v) is 4.92. The van der Waals surface area contributed by atoms with E-state index in [1.807, 2.05) is 0 Å². The third-order valence-corrected chi connectivity index (χ3v) is 3.56. The van der Waals surface area contributed by atoms with Gasteiger partial charge in [-0.05, 0) is 18.5 Å². The van der Waals surface area contributed by atoms with E-state index in [-0.39, 0.29) is 12.2 Å². The average Bonchev–Trinajstić information content (AvgIpc) is 2.56. The second kappa shape index (κ2) is 6.11. The lowest BCUT2D eigenvalue weighted by molar-refractivity contribution is 0.276. The Bertz CT molecular complexity index is 668. The monoisotopic (exact) mass is 285 g/mol. The topological polar surface area (TPSA) is 58.0 Å². The highest BCUT2D eigenvalue weighted by atomic mass is 19.1. The first-order valence-electron chi connectivity index (χ1n) is 6.90. The molecule has 0 saturated carbocycles. The van der Waals surface area contributed by atoms with Gasteiger partial charge in [-0.3, -0.25) is 0 Å². The molecule has 2 aromatic rings. The fraction of sp³-hybridized carbons (Fsp3) is 0.250. The lowest BCUT2D eigenvalue weighted by Gasteiger charge is -2.13. The van der Waals surface area contributed by atoms with Crippen LogP contribution in [0.5, 0.6) is 0 Å². The van der Waals surface area contributed by atoms with Crippen molar-refractivity contribution >= 4 is 5.57 Å². The van der Waals surface area contributed by atoms with Gasteiger partial charge in [0.15, 0.2) is 5.82 Å². The molecule has 0 bridgehead atoms. The van der Waals surface area contributed by atoms with Crippen molar-refractivity contribution in [1.82, 2.24) is 15.3 Å². The normalized spacial score (nSPS) is 14.9. The van der Waals surface area contributed by atoms with Crippen LogP contribution in [0.25, 0.3) is 16.7 Å². The minimum absolute atomic E-state index is 0.276. The van der Waals surface area contributed by atoms with E-state index in [2.05, 4.69) is 21.4 Å². The third kappa shape index (κ3) is 2.84. The van der Waals surface area contributed by atoms with Crippen LogP contribution in [0.2, 0.25) is 0 Å². The van der Waals surface area contributed by atoms with Crippen molar-refractivity contribution in [1.29, 1.82) is 0 Å². The molecule has 3 rings (SSSR count). The maximum Gasteiger partial charge on any atom is 0.154 e. The number of halogens is 1. The Morgan fingerprint density at radius 1 is 1.24 bits per heavy atom. The molecule has 2 N–H and O–H groups in total. The lowest BCUT2D eigenvalue weighted by atomic mass is 10.0. The van der Waals surface area contributed by atoms with Gasteiger partial charge in [-0.2, -0.15) is 0 Å². The molecule has 2 heterocycles. The molecule has 0 amide bonds. The Morgan fingerprint density at radius 2 is 2.05 bits per heavy atom. The predicted octanol–water partition coefficient (Wildman–Crippen LogP) is 2.15. The first-order valence-corrected chi connectivity index (χ1v) is 6.90. The number of hydrogen-bond acceptors (Lipinski definition) is 4. The molecule has 0 fully saturated rings. The molecule has 0 spiro atoms. The Hall–Kier alpha value is -2.11. The standard InChI is InChI=1S/C16H16FN3O/c17-15-12(10-21)2-1-3-14(15)13-8-19-16(20-9-13)11-4-6-18-7-5-11/h1-4,8-9,18,21H,5-7,10H2. The summed E-state index contributed by atoms with van der Waals surface area (Å²) < 4.78 is 14.2. The molecule has 4 nitrogen and oxygen atoms in total. The van der Waals surface area contributed by atoms with E-state index in [0.29, 0.717) is 17.0 Å². The van der Waals surface area contributed by atoms with Crippen molar-refractivity contribution in [3.05, 3.63) is 53.9 Å². The molecule has 0 radical (unpaired) electrons. The molecular weight excluding hydrogens is 269 g/mol. The highest BCUT2D eigenvalue weighted by molar-refractivity contribution is 5.66. The number of aliphatic hydroxyl groups is 1. The summed E-state index contributed by atoms with van der Waals surface area (Å²) in [6.45, 7) is 1.43. The van der Waals surface area contributed by atoms with E-state index in [9.17, 15) is 4.39 Å². The maximum atomic E-state index is 14.2. The van der Waals surface area contributed by atoms with Crippen LogP contribution in [0, 0.1) is 5.82 Å². The van der Waals surface area contributed by atoms with Crippen molar-refractivity contribution in [2.24, 2.45) is 0 Å². The molecular formula is C16H16FN3O. The first kappa shape index (κ1) is 13.9. The van der Waals surface area contributed by atoms with Crippen molar-refractivity contribution in [2.45, 2.75) is 13.0 Å². The number of nitrogens with zero attached hydrogens (tertiary/aromatic N) is 2. The van der Waals surface area contributed by atoms with Crippen LogP contribution in [-0.4, -0.2) is 28.2 Å². The summed E-state index contributed by atoms with van der Waals surface area (Å²) in [5.74, 6) is 0.274. The van der Waals surface area contributed by atoms with Crippen molar-refractivity contribution in [3.63, 3.8) is 0 Å². The van der Waals surface area contributed by atoms with Crippen LogP contribution in [0.1, 0.15) is 17.8 Å². The zero-order valence-electron chi connectivity index (χ0n) is 11.5. The number of aliphatic hydroxyl groups excluding tert-OH is 1. The molecule has 1 aromatic carbocycles. The molecule has 0 unspecified atom stereocenters. The van der Waals surface area contributed by atoms with Crippen molar-refractivity contribution in [3.8, 4) is 11.1 Å². The summed E-state index contributed by atoms with van der Waals surface area (Å²) in [6.07, 6.45) is 6.23. The Morgan fingerprint density at radius 3 is 2.71 bits per heavy atom. The molecule has 1 aliphatic heterocycles. The lowest BCUT2D eigenvalue weighted by Crippen LogP contribution is -2.20. The molecule has 0 saturated heterocycles. The number of hydrogen-bond donors (Lipinski definition) is 2. The van der Waals surface area contributed by atoms with E-state index >= 15 is 0 Å². The van der Waals surface area contributed by atoms with E-state index in [0.717, 1.165) is 25.1 Å². The second-order valence-electron chi connectivity index (χ2n) is 4.92. The van der Waals surface area contributed by atoms with Gasteiger partial charge in [-0.1, -0.05) is 24.3 Å². The van der Waals surface area contributed by atoms with Gasteiger partial charge in [0.2, 0.25) is 0 Å². The van der Waals surface area contributed by atoms with Crippen LogP contribution >= 0.6 is 0 Å². The van der Waals surface area contributed by atoms with Crippen LogP contribution in [-0.2, 0) is 6.61 Å². The quantitative estimate of drug-likeness (QED) is 0.907. The van der Waals surface area contributed by atoms with Gasteiger partial charge in [0.1, 0.15) is 5.82 Å². The van der Waals surface area contributed by atoms with E-state index in [4.69, 9.17) is 5.11 Å². The smallest absolute Gasteiger partial charge is 0.154 e. The van der Waals surface area contributed by atoms with Crippen LogP contribution < -0.4 is 5.32 Å². The van der Waals surface area contributed by atoms with Crippen molar-refractivity contribution in [2.75, 3.05) is 13.1 Å². The zero-order chi connectivity index (χ0) is 14.7. The molecule has 1 aliphatic rings. The van der Waals surface area contributed by atoms with Crippen molar-refractivity contribution < 1.29 is 9.50 Å². The van der Waals surface area contributed by atoms with E-state index in [1.165, 1.54) is 0 Å². The summed E-state index contributed by atoms with van der Waals surface area (Å²) in [5, 5.41) is 12.4. The Kier molecular flexibility index (Phi) is 4.03. The van der Waals surface area contributed by atoms with Crippen LogP contribution in [0.3, 0.4) is 0 Å². The van der Waals surface area contributed by atoms with E-state index in [1.54, 1.807) is 30.6 Å². The summed E-state index contributed by atoms with van der Waals surface area (Å²) in [7, 11) is 0. The Labute approximate surface area is 122 Å². The summed E-state index contributed by atoms with van der Waals surface area (Å²) in [6, 6.07) is 4.94. The molecule has 21 heavy (non-hydrogen) atoms. The first-order chi connectivity index (χ1) is 10.3. The summed E-state index contributed by atoms with van der Waals surface area (Å²) in [4.78, 5) is 8.68. The molecule has 108 valence electrons. The highest BCUT2D eigenvalue weighted by Crippen LogP contribution is 2.25. The van der Waals surface area contributed by atoms with E-state index < -0.39 is 5.82 Å². The number of aromatic nitrogens is 2. The third-order valence-electron chi connectivity index (χ3n) is 3.56. The molecule has 5 heteroatoms. The van der Waals surface area contributed by atoms with Gasteiger partial charge in [0, 0.05) is 35.6 Å². The van der Waals surface area contributed by atoms with Gasteiger partial charge in [0.05, 0.1) is 6.61 Å². The minimum Gasteiger partial charge on any atom is -0.392 e. The number of nitrogens with one attached hydrogen (secondary N) is 1. The fourth-order valence-electron chi connectivity index (χ4n) is 2.38. The molecule has 0 atom stereocenters. The van der Waals surface area contributed by atoms with Gasteiger partial charge >= 0.3 is 0 Å². The highest BCUT2D eigenvalue weighted by Gasteiger charge is 2.12. The fourth-order valence-corrected chi connectivity index (χ4v) is 2.38. The zero-order valence-corrected chi connectivity index (χ0v) is 11.5. The predicted molar refractivity (Wildman–Crippen MR) is 78.8 cm³/mol. The van der Waals surface area contributed by atoms with Gasteiger partial charge in [-0.25, -0.2) is 14.4 Å². The maximum absolute atomic E-state index is 14.2. The number of benzene rings is 1. The SMILES string of the molecule is OCc1cccc(-c2cnc(C3=CCNCC3)nc2)c1F. The van der Waals surface area contributed by atoms with Gasteiger partial charge in [-0.15, -0.1) is 0 Å². The Balaban J connectivity index is 1.92. The van der Waals surface area contributed by atoms with Crippen LogP contribution in [0.15, 0.2) is 36.7 Å². The summed E-state index contributed by atoms with van der Waals surface area (Å²) >= 11 is 0. The number of rotatable bonds is 3. The molecule has 1 aromatic heterocycles.